The number of nitrogens with zero attached hydrogens (tertiary/aromatic N) is 2. The summed E-state index contributed by atoms with van der Waals surface area (Å²) in [7, 11) is 0. The number of rotatable bonds is 6. The average Bonchev–Trinajstić information content (AvgIpc) is 2.20. The minimum atomic E-state index is -2.39. The molecule has 1 rings (SSSR count). The molecule has 1 fully saturated rings. The number of hydroxylamine groups is 2. The van der Waals surface area contributed by atoms with Crippen LogP contribution in [0.15, 0.2) is 0 Å². The van der Waals surface area contributed by atoms with Crippen LogP contribution < -0.4 is 6.15 Å². The SMILES string of the molecule is CCON1CCN(CCOS(=O)[O-])CC1.N. The molecule has 0 amide bonds. The Morgan fingerprint density at radius 2 is 1.94 bits per heavy atom. The van der Waals surface area contributed by atoms with E-state index in [1.807, 2.05) is 12.0 Å². The molecule has 1 aliphatic rings. The van der Waals surface area contributed by atoms with Gasteiger partial charge in [-0.2, -0.15) is 5.06 Å². The van der Waals surface area contributed by atoms with E-state index < -0.39 is 11.4 Å². The normalized spacial score (nSPS) is 20.4. The first-order chi connectivity index (χ1) is 7.22. The van der Waals surface area contributed by atoms with Crippen molar-refractivity contribution >= 4 is 11.4 Å². The molecule has 0 aromatic rings. The molecule has 0 aliphatic carbocycles. The molecule has 0 bridgehead atoms. The Balaban J connectivity index is 0.00000225. The third-order valence-electron chi connectivity index (χ3n) is 2.23. The van der Waals surface area contributed by atoms with Crippen molar-refractivity contribution in [2.75, 3.05) is 45.9 Å². The molecular formula is C8H20N3O4S-. The highest BCUT2D eigenvalue weighted by molar-refractivity contribution is 7.74. The maximum atomic E-state index is 10.1. The van der Waals surface area contributed by atoms with E-state index in [1.54, 1.807) is 0 Å². The summed E-state index contributed by atoms with van der Waals surface area (Å²) >= 11 is -2.39. The smallest absolute Gasteiger partial charge is 0.0842 e. The zero-order valence-electron chi connectivity index (χ0n) is 9.59. The van der Waals surface area contributed by atoms with E-state index in [9.17, 15) is 8.76 Å². The van der Waals surface area contributed by atoms with E-state index in [1.165, 1.54) is 0 Å². The third-order valence-corrected chi connectivity index (χ3v) is 2.59. The molecule has 0 aromatic carbocycles. The lowest BCUT2D eigenvalue weighted by molar-refractivity contribution is -0.172. The number of hydrogen-bond acceptors (Lipinski definition) is 7. The Kier molecular flexibility index (Phi) is 8.94. The van der Waals surface area contributed by atoms with Crippen LogP contribution in [0.2, 0.25) is 0 Å². The van der Waals surface area contributed by atoms with Crippen molar-refractivity contribution < 1.29 is 17.8 Å². The van der Waals surface area contributed by atoms with Crippen molar-refractivity contribution in [3.8, 4) is 0 Å². The van der Waals surface area contributed by atoms with E-state index in [0.29, 0.717) is 13.2 Å². The van der Waals surface area contributed by atoms with E-state index in [-0.39, 0.29) is 12.8 Å². The topological polar surface area (TPSA) is 100 Å². The average molecular weight is 254 g/mol. The van der Waals surface area contributed by atoms with Crippen molar-refractivity contribution in [1.82, 2.24) is 16.1 Å². The Hall–Kier alpha value is -0.0900. The van der Waals surface area contributed by atoms with Crippen LogP contribution >= 0.6 is 0 Å². The van der Waals surface area contributed by atoms with Crippen molar-refractivity contribution in [1.29, 1.82) is 0 Å². The van der Waals surface area contributed by atoms with Gasteiger partial charge in [-0.05, 0) is 6.92 Å². The zero-order chi connectivity index (χ0) is 11.1. The standard InChI is InChI=1S/C8H18N2O4S.H3N/c1-2-13-10-5-3-9(4-6-10)7-8-14-15(11)12;/h2-8H2,1H3,(H,11,12);1H3/p-1. The first kappa shape index (κ1) is 15.9. The molecule has 1 atom stereocenters. The molecular weight excluding hydrogens is 234 g/mol. The van der Waals surface area contributed by atoms with Gasteiger partial charge in [0.05, 0.1) is 24.6 Å². The van der Waals surface area contributed by atoms with Crippen LogP contribution in [0.3, 0.4) is 0 Å². The van der Waals surface area contributed by atoms with Gasteiger partial charge in [-0.1, -0.05) is 0 Å². The Labute approximate surface area is 98.7 Å². The van der Waals surface area contributed by atoms with Crippen LogP contribution in [-0.4, -0.2) is 64.7 Å². The molecule has 0 saturated carbocycles. The lowest BCUT2D eigenvalue weighted by Gasteiger charge is -2.33. The molecule has 98 valence electrons. The molecule has 1 heterocycles. The second-order valence-electron chi connectivity index (χ2n) is 3.21. The summed E-state index contributed by atoms with van der Waals surface area (Å²) < 4.78 is 24.7. The summed E-state index contributed by atoms with van der Waals surface area (Å²) in [6.45, 7) is 7.01. The monoisotopic (exact) mass is 254 g/mol. The van der Waals surface area contributed by atoms with Gasteiger partial charge < -0.3 is 10.7 Å². The molecule has 3 N–H and O–H groups in total. The van der Waals surface area contributed by atoms with Gasteiger partial charge in [0.25, 0.3) is 0 Å². The molecule has 16 heavy (non-hydrogen) atoms. The summed E-state index contributed by atoms with van der Waals surface area (Å²) in [6, 6.07) is 0. The predicted molar refractivity (Wildman–Crippen MR) is 59.5 cm³/mol. The third kappa shape index (κ3) is 6.48. The van der Waals surface area contributed by atoms with Crippen LogP contribution in [-0.2, 0) is 20.4 Å². The molecule has 1 saturated heterocycles. The molecule has 0 spiro atoms. The second-order valence-corrected chi connectivity index (χ2v) is 3.86. The lowest BCUT2D eigenvalue weighted by Crippen LogP contribution is -2.47. The fraction of sp³-hybridized carbons (Fsp3) is 1.00. The Morgan fingerprint density at radius 3 is 2.44 bits per heavy atom. The highest BCUT2D eigenvalue weighted by Crippen LogP contribution is 2.01. The van der Waals surface area contributed by atoms with E-state index in [4.69, 9.17) is 4.84 Å². The first-order valence-corrected chi connectivity index (χ1v) is 6.05. The zero-order valence-corrected chi connectivity index (χ0v) is 10.4. The highest BCUT2D eigenvalue weighted by Gasteiger charge is 2.16. The van der Waals surface area contributed by atoms with Gasteiger partial charge in [0, 0.05) is 32.7 Å². The van der Waals surface area contributed by atoms with Crippen molar-refractivity contribution in [3.05, 3.63) is 0 Å². The van der Waals surface area contributed by atoms with E-state index in [2.05, 4.69) is 9.08 Å². The fourth-order valence-electron chi connectivity index (χ4n) is 1.50. The summed E-state index contributed by atoms with van der Waals surface area (Å²) in [5.41, 5.74) is 0. The molecule has 1 aliphatic heterocycles. The Bertz CT molecular complexity index is 200. The van der Waals surface area contributed by atoms with Gasteiger partial charge in [0.2, 0.25) is 0 Å². The van der Waals surface area contributed by atoms with Crippen LogP contribution in [0.25, 0.3) is 0 Å². The van der Waals surface area contributed by atoms with Crippen molar-refractivity contribution in [3.63, 3.8) is 0 Å². The maximum Gasteiger partial charge on any atom is 0.0842 e. The van der Waals surface area contributed by atoms with Crippen molar-refractivity contribution in [2.45, 2.75) is 6.92 Å². The first-order valence-electron chi connectivity index (χ1n) is 5.05. The van der Waals surface area contributed by atoms with Crippen LogP contribution in [0.5, 0.6) is 0 Å². The van der Waals surface area contributed by atoms with Crippen LogP contribution in [0, 0.1) is 0 Å². The summed E-state index contributed by atoms with van der Waals surface area (Å²) in [6.07, 6.45) is 0. The summed E-state index contributed by atoms with van der Waals surface area (Å²) in [4.78, 5) is 7.51. The van der Waals surface area contributed by atoms with E-state index in [0.717, 1.165) is 26.2 Å². The second kappa shape index (κ2) is 8.99. The molecule has 1 unspecified atom stereocenters. The Morgan fingerprint density at radius 1 is 1.31 bits per heavy atom. The minimum absolute atomic E-state index is 0. The maximum absolute atomic E-state index is 10.1. The number of hydrogen-bond donors (Lipinski definition) is 1. The highest BCUT2D eigenvalue weighted by atomic mass is 32.2. The molecule has 8 heteroatoms. The van der Waals surface area contributed by atoms with Crippen molar-refractivity contribution in [2.24, 2.45) is 0 Å². The molecule has 0 radical (unpaired) electrons. The molecule has 0 aromatic heterocycles. The largest absolute Gasteiger partial charge is 0.750 e. The van der Waals surface area contributed by atoms with Gasteiger partial charge in [-0.3, -0.25) is 13.9 Å². The lowest BCUT2D eigenvalue weighted by atomic mass is 10.3. The van der Waals surface area contributed by atoms with Gasteiger partial charge in [0.1, 0.15) is 0 Å². The summed E-state index contributed by atoms with van der Waals surface area (Å²) in [5.74, 6) is 0. The minimum Gasteiger partial charge on any atom is -0.750 e. The predicted octanol–water partition coefficient (Wildman–Crippen LogP) is -0.472. The van der Waals surface area contributed by atoms with Crippen LogP contribution in [0.1, 0.15) is 6.92 Å². The number of piperazine rings is 1. The fourth-order valence-corrected chi connectivity index (χ4v) is 1.71. The quantitative estimate of drug-likeness (QED) is 0.639. The summed E-state index contributed by atoms with van der Waals surface area (Å²) in [5, 5.41) is 1.93. The van der Waals surface area contributed by atoms with E-state index >= 15 is 0 Å². The van der Waals surface area contributed by atoms with Gasteiger partial charge >= 0.3 is 0 Å². The van der Waals surface area contributed by atoms with Gasteiger partial charge in [0.15, 0.2) is 0 Å². The van der Waals surface area contributed by atoms with Gasteiger partial charge in [-0.25, -0.2) is 4.21 Å². The van der Waals surface area contributed by atoms with Crippen LogP contribution in [0.4, 0.5) is 0 Å². The van der Waals surface area contributed by atoms with Gasteiger partial charge in [-0.15, -0.1) is 0 Å². The molecule has 7 nitrogen and oxygen atoms in total.